The van der Waals surface area contributed by atoms with Crippen LogP contribution >= 0.6 is 0 Å². The van der Waals surface area contributed by atoms with Gasteiger partial charge in [-0.05, 0) is 49.4 Å². The van der Waals surface area contributed by atoms with Crippen LogP contribution in [0.1, 0.15) is 28.9 Å². The van der Waals surface area contributed by atoms with Crippen LogP contribution in [0.15, 0.2) is 42.5 Å². The molecule has 25 heavy (non-hydrogen) atoms. The monoisotopic (exact) mass is 343 g/mol. The van der Waals surface area contributed by atoms with E-state index in [1.54, 1.807) is 50.6 Å². The summed E-state index contributed by atoms with van der Waals surface area (Å²) >= 11 is 0. The van der Waals surface area contributed by atoms with E-state index in [2.05, 4.69) is 5.32 Å². The number of hydrogen-bond donors (Lipinski definition) is 1. The van der Waals surface area contributed by atoms with E-state index in [4.69, 9.17) is 14.2 Å². The van der Waals surface area contributed by atoms with Crippen LogP contribution in [0.25, 0.3) is 0 Å². The lowest BCUT2D eigenvalue weighted by molar-refractivity contribution is -0.123. The molecule has 1 unspecified atom stereocenters. The Labute approximate surface area is 146 Å². The Bertz CT molecular complexity index is 727. The molecule has 1 N–H and O–H groups in total. The predicted molar refractivity (Wildman–Crippen MR) is 93.4 cm³/mol. The van der Waals surface area contributed by atoms with Gasteiger partial charge in [-0.1, -0.05) is 0 Å². The van der Waals surface area contributed by atoms with Crippen molar-refractivity contribution < 1.29 is 23.8 Å². The summed E-state index contributed by atoms with van der Waals surface area (Å²) in [5, 5.41) is 2.86. The van der Waals surface area contributed by atoms with Crippen LogP contribution in [0.3, 0.4) is 0 Å². The molecule has 0 aliphatic rings. The van der Waals surface area contributed by atoms with Crippen LogP contribution in [0.4, 0.5) is 0 Å². The molecule has 0 fully saturated rings. The highest BCUT2D eigenvalue weighted by molar-refractivity contribution is 5.78. The molecule has 6 nitrogen and oxygen atoms in total. The summed E-state index contributed by atoms with van der Waals surface area (Å²) in [7, 11) is 3.16. The molecule has 0 aromatic heterocycles. The molecule has 0 spiro atoms. The number of ether oxygens (including phenoxy) is 3. The minimum atomic E-state index is -0.279. The van der Waals surface area contributed by atoms with Crippen LogP contribution in [-0.4, -0.2) is 33.0 Å². The molecule has 1 amide bonds. The molecule has 0 saturated heterocycles. The lowest BCUT2D eigenvalue weighted by Gasteiger charge is -2.18. The third kappa shape index (κ3) is 4.97. The Morgan fingerprint density at radius 2 is 1.76 bits per heavy atom. The number of amides is 1. The highest BCUT2D eigenvalue weighted by atomic mass is 16.5. The molecule has 132 valence electrons. The number of carbonyl (C=O) groups excluding carboxylic acids is 2. The smallest absolute Gasteiger partial charge is 0.258 e. The summed E-state index contributed by atoms with van der Waals surface area (Å²) in [6.45, 7) is 1.73. The van der Waals surface area contributed by atoms with Gasteiger partial charge in [-0.15, -0.1) is 0 Å². The van der Waals surface area contributed by atoms with E-state index < -0.39 is 0 Å². The van der Waals surface area contributed by atoms with Crippen LogP contribution in [0, 0.1) is 0 Å². The zero-order valence-corrected chi connectivity index (χ0v) is 14.4. The van der Waals surface area contributed by atoms with Crippen LogP contribution in [0.2, 0.25) is 0 Å². The van der Waals surface area contributed by atoms with E-state index in [9.17, 15) is 9.59 Å². The van der Waals surface area contributed by atoms with Crippen molar-refractivity contribution in [3.8, 4) is 17.2 Å². The normalized spacial score (nSPS) is 11.3. The number of aldehydes is 1. The fraction of sp³-hybridized carbons (Fsp3) is 0.263. The van der Waals surface area contributed by atoms with E-state index >= 15 is 0 Å². The summed E-state index contributed by atoms with van der Waals surface area (Å²) in [5.41, 5.74) is 1.36. The van der Waals surface area contributed by atoms with Gasteiger partial charge in [0.15, 0.2) is 6.61 Å². The number of benzene rings is 2. The highest BCUT2D eigenvalue weighted by Gasteiger charge is 2.15. The summed E-state index contributed by atoms with van der Waals surface area (Å²) in [6.07, 6.45) is 0.750. The van der Waals surface area contributed by atoms with Crippen molar-refractivity contribution in [3.05, 3.63) is 53.6 Å². The molecule has 2 aromatic carbocycles. The zero-order valence-electron chi connectivity index (χ0n) is 14.4. The average Bonchev–Trinajstić information content (AvgIpc) is 2.66. The molecule has 2 rings (SSSR count). The minimum Gasteiger partial charge on any atom is -0.497 e. The van der Waals surface area contributed by atoms with Gasteiger partial charge in [0, 0.05) is 11.1 Å². The summed E-state index contributed by atoms with van der Waals surface area (Å²) in [6, 6.07) is 11.7. The SMILES string of the molecule is COc1ccc(OC)c(C(C)NC(=O)COc2ccc(C=O)cc2)c1. The van der Waals surface area contributed by atoms with Gasteiger partial charge in [0.25, 0.3) is 5.91 Å². The van der Waals surface area contributed by atoms with Gasteiger partial charge in [-0.2, -0.15) is 0 Å². The zero-order chi connectivity index (χ0) is 18.2. The lowest BCUT2D eigenvalue weighted by atomic mass is 10.1. The molecule has 0 radical (unpaired) electrons. The largest absolute Gasteiger partial charge is 0.497 e. The van der Waals surface area contributed by atoms with Gasteiger partial charge in [0.05, 0.1) is 20.3 Å². The second-order valence-corrected chi connectivity index (χ2v) is 5.37. The Morgan fingerprint density at radius 3 is 2.36 bits per heavy atom. The van der Waals surface area contributed by atoms with Gasteiger partial charge in [-0.25, -0.2) is 0 Å². The molecule has 0 heterocycles. The van der Waals surface area contributed by atoms with Gasteiger partial charge >= 0.3 is 0 Å². The van der Waals surface area contributed by atoms with Gasteiger partial charge < -0.3 is 19.5 Å². The first-order chi connectivity index (χ1) is 12.1. The van der Waals surface area contributed by atoms with Crippen LogP contribution in [0.5, 0.6) is 17.2 Å². The molecule has 6 heteroatoms. The molecule has 2 aromatic rings. The number of nitrogens with one attached hydrogen (secondary N) is 1. The third-order valence-corrected chi connectivity index (χ3v) is 3.67. The highest BCUT2D eigenvalue weighted by Crippen LogP contribution is 2.29. The average molecular weight is 343 g/mol. The second-order valence-electron chi connectivity index (χ2n) is 5.37. The minimum absolute atomic E-state index is 0.128. The molecule has 0 aliphatic heterocycles. The van der Waals surface area contributed by atoms with E-state index in [-0.39, 0.29) is 18.6 Å². The Kier molecular flexibility index (Phi) is 6.39. The maximum Gasteiger partial charge on any atom is 0.258 e. The van der Waals surface area contributed by atoms with E-state index in [0.717, 1.165) is 11.8 Å². The predicted octanol–water partition coefficient (Wildman–Crippen LogP) is 2.77. The number of carbonyl (C=O) groups is 2. The summed E-state index contributed by atoms with van der Waals surface area (Å²) in [4.78, 5) is 22.7. The van der Waals surface area contributed by atoms with Crippen molar-refractivity contribution in [3.63, 3.8) is 0 Å². The van der Waals surface area contributed by atoms with E-state index in [1.807, 2.05) is 13.0 Å². The fourth-order valence-corrected chi connectivity index (χ4v) is 2.33. The summed E-state index contributed by atoms with van der Waals surface area (Å²) < 4.78 is 16.0. The Balaban J connectivity index is 1.96. The molecule has 0 aliphatic carbocycles. The van der Waals surface area contributed by atoms with Gasteiger partial charge in [0.1, 0.15) is 23.5 Å². The molecule has 0 saturated carbocycles. The third-order valence-electron chi connectivity index (χ3n) is 3.67. The lowest BCUT2D eigenvalue weighted by Crippen LogP contribution is -2.31. The first-order valence-electron chi connectivity index (χ1n) is 7.76. The van der Waals surface area contributed by atoms with Crippen molar-refractivity contribution >= 4 is 12.2 Å². The number of methoxy groups -OCH3 is 2. The number of hydrogen-bond acceptors (Lipinski definition) is 5. The molecule has 1 atom stereocenters. The first-order valence-corrected chi connectivity index (χ1v) is 7.76. The summed E-state index contributed by atoms with van der Waals surface area (Å²) in [5.74, 6) is 1.60. The maximum absolute atomic E-state index is 12.1. The number of rotatable bonds is 8. The van der Waals surface area contributed by atoms with Crippen molar-refractivity contribution in [1.29, 1.82) is 0 Å². The maximum atomic E-state index is 12.1. The van der Waals surface area contributed by atoms with Crippen molar-refractivity contribution in [2.24, 2.45) is 0 Å². The molecule has 0 bridgehead atoms. The van der Waals surface area contributed by atoms with Crippen LogP contribution in [-0.2, 0) is 4.79 Å². The Hall–Kier alpha value is -3.02. The van der Waals surface area contributed by atoms with Crippen molar-refractivity contribution in [1.82, 2.24) is 5.32 Å². The molecular formula is C19H21NO5. The van der Waals surface area contributed by atoms with Crippen molar-refractivity contribution in [2.75, 3.05) is 20.8 Å². The first kappa shape index (κ1) is 18.3. The fourth-order valence-electron chi connectivity index (χ4n) is 2.33. The van der Waals surface area contributed by atoms with Crippen LogP contribution < -0.4 is 19.5 Å². The van der Waals surface area contributed by atoms with Gasteiger partial charge in [-0.3, -0.25) is 9.59 Å². The second kappa shape index (κ2) is 8.73. The van der Waals surface area contributed by atoms with E-state index in [1.165, 1.54) is 0 Å². The van der Waals surface area contributed by atoms with E-state index in [0.29, 0.717) is 22.8 Å². The standard InChI is InChI=1S/C19H21NO5/c1-13(17-10-16(23-2)8-9-18(17)24-3)20-19(22)12-25-15-6-4-14(11-21)5-7-15/h4-11,13H,12H2,1-3H3,(H,20,22). The molecular weight excluding hydrogens is 322 g/mol. The van der Waals surface area contributed by atoms with Gasteiger partial charge in [0.2, 0.25) is 0 Å². The quantitative estimate of drug-likeness (QED) is 0.746. The topological polar surface area (TPSA) is 73.9 Å². The van der Waals surface area contributed by atoms with Crippen molar-refractivity contribution in [2.45, 2.75) is 13.0 Å². The Morgan fingerprint density at radius 1 is 1.08 bits per heavy atom.